The molecule has 2 aromatic carbocycles. The number of nitrogens with zero attached hydrogens (tertiary/aromatic N) is 3. The molecule has 3 rings (SSSR count). The van der Waals surface area contributed by atoms with Gasteiger partial charge in [-0.3, -0.25) is 4.79 Å². The van der Waals surface area contributed by atoms with E-state index in [1.54, 1.807) is 19.1 Å². The van der Waals surface area contributed by atoms with Crippen molar-refractivity contribution >= 4 is 11.7 Å². The van der Waals surface area contributed by atoms with Crippen LogP contribution in [0.25, 0.3) is 0 Å². The van der Waals surface area contributed by atoms with E-state index in [-0.39, 0.29) is 11.7 Å². The van der Waals surface area contributed by atoms with E-state index in [9.17, 15) is 14.9 Å². The molecule has 162 valence electrons. The van der Waals surface area contributed by atoms with Crippen molar-refractivity contribution in [1.82, 2.24) is 15.1 Å². The van der Waals surface area contributed by atoms with Crippen LogP contribution in [0.3, 0.4) is 0 Å². The number of rotatable bonds is 9. The summed E-state index contributed by atoms with van der Waals surface area (Å²) in [5.41, 5.74) is 3.34. The third-order valence-corrected chi connectivity index (χ3v) is 4.91. The molecule has 31 heavy (non-hydrogen) atoms. The van der Waals surface area contributed by atoms with Gasteiger partial charge in [0.25, 0.3) is 5.91 Å². The molecule has 0 aliphatic carbocycles. The zero-order chi connectivity index (χ0) is 22.4. The number of nitro groups is 1. The van der Waals surface area contributed by atoms with Gasteiger partial charge in [-0.05, 0) is 53.2 Å². The first-order valence-corrected chi connectivity index (χ1v) is 10.1. The van der Waals surface area contributed by atoms with E-state index in [0.29, 0.717) is 36.9 Å². The maximum Gasteiger partial charge on any atom is 0.390 e. The molecule has 8 nitrogen and oxygen atoms in total. The molecule has 8 heteroatoms. The second kappa shape index (κ2) is 9.88. The normalized spacial score (nSPS) is 10.8. The average Bonchev–Trinajstić information content (AvgIpc) is 3.13. The van der Waals surface area contributed by atoms with Gasteiger partial charge >= 0.3 is 5.82 Å². The minimum absolute atomic E-state index is 0.199. The number of carbonyl (C=O) groups excluding carboxylic acids is 1. The Hall–Kier alpha value is -3.68. The molecule has 0 spiro atoms. The summed E-state index contributed by atoms with van der Waals surface area (Å²) < 4.78 is 7.34. The molecule has 0 saturated heterocycles. The van der Waals surface area contributed by atoms with Crippen molar-refractivity contribution in [1.29, 1.82) is 0 Å². The van der Waals surface area contributed by atoms with E-state index in [2.05, 4.69) is 36.4 Å². The number of hydrogen-bond acceptors (Lipinski definition) is 5. The number of amides is 1. The predicted octanol–water partition coefficient (Wildman–Crippen LogP) is 4.23. The van der Waals surface area contributed by atoms with Crippen molar-refractivity contribution in [2.24, 2.45) is 0 Å². The number of aromatic nitrogens is 2. The van der Waals surface area contributed by atoms with E-state index in [4.69, 9.17) is 4.74 Å². The highest BCUT2D eigenvalue weighted by Gasteiger charge is 2.15. The number of carbonyl (C=O) groups is 1. The van der Waals surface area contributed by atoms with Gasteiger partial charge in [-0.25, -0.2) is 0 Å². The zero-order valence-corrected chi connectivity index (χ0v) is 17.9. The quantitative estimate of drug-likeness (QED) is 0.411. The van der Waals surface area contributed by atoms with Gasteiger partial charge in [-0.15, -0.1) is 0 Å². The van der Waals surface area contributed by atoms with Crippen LogP contribution in [0.5, 0.6) is 5.75 Å². The van der Waals surface area contributed by atoms with Crippen molar-refractivity contribution in [2.45, 2.75) is 39.8 Å². The second-order valence-corrected chi connectivity index (χ2v) is 7.59. The van der Waals surface area contributed by atoms with Gasteiger partial charge in [0.15, 0.2) is 0 Å². The van der Waals surface area contributed by atoms with Crippen molar-refractivity contribution < 1.29 is 14.5 Å². The Balaban J connectivity index is 1.53. The summed E-state index contributed by atoms with van der Waals surface area (Å²) in [6, 6.07) is 16.7. The Bertz CT molecular complexity index is 1060. The van der Waals surface area contributed by atoms with E-state index in [1.807, 2.05) is 24.3 Å². The summed E-state index contributed by atoms with van der Waals surface area (Å²) in [6.07, 6.45) is 0. The summed E-state index contributed by atoms with van der Waals surface area (Å²) in [5.74, 6) is 0.831. The summed E-state index contributed by atoms with van der Waals surface area (Å²) in [5, 5.41) is 17.5. The third-order valence-electron chi connectivity index (χ3n) is 4.91. The summed E-state index contributed by atoms with van der Waals surface area (Å²) >= 11 is 0. The van der Waals surface area contributed by atoms with E-state index in [1.165, 1.54) is 16.3 Å². The molecule has 0 aliphatic heterocycles. The lowest BCUT2D eigenvalue weighted by Gasteiger charge is -2.10. The molecular formula is C23H26N4O4. The standard InChI is InChI=1S/C23H26N4O4/c1-16(2)19-7-9-21(10-8-19)31-15-18-5-4-6-20(14-18)23(28)24-11-12-26-17(3)13-22(25-26)27(29)30/h4-10,13-14,16H,11-12,15H2,1-3H3,(H,24,28). The molecule has 1 N–H and O–H groups in total. The van der Waals surface area contributed by atoms with Crippen molar-refractivity contribution in [3.05, 3.63) is 87.1 Å². The van der Waals surface area contributed by atoms with Crippen LogP contribution in [0, 0.1) is 17.0 Å². The highest BCUT2D eigenvalue weighted by atomic mass is 16.6. The van der Waals surface area contributed by atoms with Crippen LogP contribution in [0.1, 0.15) is 46.9 Å². The van der Waals surface area contributed by atoms with Crippen LogP contribution < -0.4 is 10.1 Å². The molecule has 1 amide bonds. The molecule has 0 unspecified atom stereocenters. The molecule has 3 aromatic rings. The fourth-order valence-electron chi connectivity index (χ4n) is 3.10. The maximum atomic E-state index is 12.5. The number of hydrogen-bond donors (Lipinski definition) is 1. The van der Waals surface area contributed by atoms with Gasteiger partial charge in [-0.2, -0.15) is 4.68 Å². The Labute approximate surface area is 181 Å². The minimum Gasteiger partial charge on any atom is -0.489 e. The van der Waals surface area contributed by atoms with Gasteiger partial charge in [0.1, 0.15) is 12.4 Å². The van der Waals surface area contributed by atoms with Crippen molar-refractivity contribution in [3.8, 4) is 5.75 Å². The summed E-state index contributed by atoms with van der Waals surface area (Å²) in [7, 11) is 0. The predicted molar refractivity (Wildman–Crippen MR) is 117 cm³/mol. The van der Waals surface area contributed by atoms with Gasteiger partial charge in [-0.1, -0.05) is 38.1 Å². The molecule has 0 fully saturated rings. The Morgan fingerprint density at radius 3 is 2.58 bits per heavy atom. The third kappa shape index (κ3) is 5.91. The van der Waals surface area contributed by atoms with Crippen LogP contribution in [-0.2, 0) is 13.2 Å². The molecule has 0 radical (unpaired) electrons. The molecule has 1 heterocycles. The van der Waals surface area contributed by atoms with Crippen LogP contribution in [0.2, 0.25) is 0 Å². The summed E-state index contributed by atoms with van der Waals surface area (Å²) in [4.78, 5) is 22.7. The number of ether oxygens (including phenoxy) is 1. The minimum atomic E-state index is -0.533. The zero-order valence-electron chi connectivity index (χ0n) is 17.9. The van der Waals surface area contributed by atoms with E-state index < -0.39 is 4.92 Å². The largest absolute Gasteiger partial charge is 0.489 e. The van der Waals surface area contributed by atoms with Gasteiger partial charge in [0, 0.05) is 12.1 Å². The van der Waals surface area contributed by atoms with E-state index in [0.717, 1.165) is 11.3 Å². The lowest BCUT2D eigenvalue weighted by molar-refractivity contribution is -0.389. The fourth-order valence-corrected chi connectivity index (χ4v) is 3.10. The number of aryl methyl sites for hydroxylation is 1. The van der Waals surface area contributed by atoms with Crippen molar-refractivity contribution in [3.63, 3.8) is 0 Å². The lowest BCUT2D eigenvalue weighted by atomic mass is 10.0. The lowest BCUT2D eigenvalue weighted by Crippen LogP contribution is -2.27. The van der Waals surface area contributed by atoms with Gasteiger partial charge in [0.2, 0.25) is 0 Å². The van der Waals surface area contributed by atoms with Crippen LogP contribution in [-0.4, -0.2) is 27.2 Å². The van der Waals surface area contributed by atoms with Crippen LogP contribution >= 0.6 is 0 Å². The van der Waals surface area contributed by atoms with Crippen LogP contribution in [0.15, 0.2) is 54.6 Å². The Morgan fingerprint density at radius 1 is 1.19 bits per heavy atom. The second-order valence-electron chi connectivity index (χ2n) is 7.59. The SMILES string of the molecule is Cc1cc([N+](=O)[O-])nn1CCNC(=O)c1cccc(COc2ccc(C(C)C)cc2)c1. The molecule has 0 saturated carbocycles. The molecular weight excluding hydrogens is 396 g/mol. The number of benzene rings is 2. The van der Waals surface area contributed by atoms with Crippen LogP contribution in [0.4, 0.5) is 5.82 Å². The van der Waals surface area contributed by atoms with Gasteiger partial charge in [0.05, 0.1) is 23.4 Å². The maximum absolute atomic E-state index is 12.5. The molecule has 1 aromatic heterocycles. The topological polar surface area (TPSA) is 99.3 Å². The first kappa shape index (κ1) is 22.0. The first-order chi connectivity index (χ1) is 14.8. The summed E-state index contributed by atoms with van der Waals surface area (Å²) in [6.45, 7) is 7.04. The Kier molecular flexibility index (Phi) is 7.02. The highest BCUT2D eigenvalue weighted by Crippen LogP contribution is 2.19. The highest BCUT2D eigenvalue weighted by molar-refractivity contribution is 5.94. The molecule has 0 aliphatic rings. The van der Waals surface area contributed by atoms with Crippen molar-refractivity contribution in [2.75, 3.05) is 6.54 Å². The van der Waals surface area contributed by atoms with E-state index >= 15 is 0 Å². The monoisotopic (exact) mass is 422 g/mol. The van der Waals surface area contributed by atoms with Gasteiger partial charge < -0.3 is 20.2 Å². The molecule has 0 atom stereocenters. The molecule has 0 bridgehead atoms. The first-order valence-electron chi connectivity index (χ1n) is 10.1. The number of nitrogens with one attached hydrogen (secondary N) is 1. The Morgan fingerprint density at radius 2 is 1.94 bits per heavy atom. The average molecular weight is 422 g/mol. The fraction of sp³-hybridized carbons (Fsp3) is 0.304. The smallest absolute Gasteiger partial charge is 0.390 e.